The van der Waals surface area contributed by atoms with E-state index in [1.165, 1.54) is 0 Å². The van der Waals surface area contributed by atoms with Gasteiger partial charge in [0.2, 0.25) is 0 Å². The van der Waals surface area contributed by atoms with Crippen molar-refractivity contribution in [1.82, 2.24) is 4.90 Å². The first-order chi connectivity index (χ1) is 8.56. The summed E-state index contributed by atoms with van der Waals surface area (Å²) in [7, 11) is 1.07. The molecule has 1 aliphatic heterocycles. The minimum atomic E-state index is -1.02. The molecule has 0 spiro atoms. The molecule has 11 nitrogen and oxygen atoms in total. The van der Waals surface area contributed by atoms with Gasteiger partial charge in [0.15, 0.2) is 0 Å². The van der Waals surface area contributed by atoms with Crippen molar-refractivity contribution in [3.05, 3.63) is 32.3 Å². The van der Waals surface area contributed by atoms with E-state index in [-0.39, 0.29) is 0 Å². The van der Waals surface area contributed by atoms with Crippen LogP contribution in [0, 0.1) is 0 Å². The molecule has 92 valence electrons. The molecule has 0 fully saturated rings. The average molecular weight is 251 g/mol. The molecule has 0 aromatic carbocycles. The molecule has 0 unspecified atom stereocenters. The van der Waals surface area contributed by atoms with Gasteiger partial charge in [-0.15, -0.1) is 0 Å². The third kappa shape index (κ3) is 2.21. The van der Waals surface area contributed by atoms with Crippen molar-refractivity contribution in [2.75, 3.05) is 13.7 Å². The number of rotatable bonds is 4. The number of carbonyl (C=O) groups is 3. The second-order valence-electron chi connectivity index (χ2n) is 2.85. The Morgan fingerprint density at radius 1 is 1.22 bits per heavy atom. The lowest BCUT2D eigenvalue weighted by atomic mass is 10.4. The topological polar surface area (TPSA) is 161 Å². The Morgan fingerprint density at radius 3 is 2.00 bits per heavy atom. The molecule has 1 aliphatic rings. The van der Waals surface area contributed by atoms with E-state index >= 15 is 0 Å². The van der Waals surface area contributed by atoms with Gasteiger partial charge in [0.1, 0.15) is 17.9 Å². The van der Waals surface area contributed by atoms with Crippen molar-refractivity contribution in [2.24, 2.45) is 10.2 Å². The molecule has 11 heteroatoms. The molecule has 2 amide bonds. The lowest BCUT2D eigenvalue weighted by Gasteiger charge is -2.11. The van der Waals surface area contributed by atoms with Crippen molar-refractivity contribution >= 4 is 17.8 Å². The van der Waals surface area contributed by atoms with Crippen LogP contribution in [0.4, 0.5) is 0 Å². The molecule has 0 radical (unpaired) electrons. The van der Waals surface area contributed by atoms with Crippen LogP contribution in [-0.4, -0.2) is 36.3 Å². The van der Waals surface area contributed by atoms with Gasteiger partial charge in [-0.05, 0) is 11.1 Å². The molecule has 0 aromatic rings. The number of hydrogen-bond donors (Lipinski definition) is 0. The molecule has 0 saturated carbocycles. The van der Waals surface area contributed by atoms with Gasteiger partial charge in [-0.25, -0.2) is 0 Å². The summed E-state index contributed by atoms with van der Waals surface area (Å²) in [4.78, 5) is 39.4. The summed E-state index contributed by atoms with van der Waals surface area (Å²) >= 11 is 0. The van der Waals surface area contributed by atoms with Crippen molar-refractivity contribution in [2.45, 2.75) is 0 Å². The summed E-state index contributed by atoms with van der Waals surface area (Å²) in [5, 5.41) is 5.94. The first kappa shape index (κ1) is 13.0. The molecule has 0 aliphatic carbocycles. The predicted octanol–water partition coefficient (Wildman–Crippen LogP) is 0.360. The number of imide groups is 1. The molecular weight excluding hydrogens is 246 g/mol. The smallest absolute Gasteiger partial charge is 0.325 e. The second kappa shape index (κ2) is 5.34. The van der Waals surface area contributed by atoms with Gasteiger partial charge in [-0.1, -0.05) is 10.2 Å². The summed E-state index contributed by atoms with van der Waals surface area (Å²) in [6.45, 7) is -0.664. The highest BCUT2D eigenvalue weighted by atomic mass is 16.5. The Bertz CT molecular complexity index is 512. The van der Waals surface area contributed by atoms with Crippen LogP contribution in [0.25, 0.3) is 20.9 Å². The quantitative estimate of drug-likeness (QED) is 0.232. The van der Waals surface area contributed by atoms with Crippen LogP contribution >= 0.6 is 0 Å². The van der Waals surface area contributed by atoms with E-state index in [1.807, 2.05) is 0 Å². The third-order valence-corrected chi connectivity index (χ3v) is 1.92. The summed E-state index contributed by atoms with van der Waals surface area (Å²) in [6, 6.07) is 0. The van der Waals surface area contributed by atoms with Crippen LogP contribution < -0.4 is 0 Å². The molecule has 0 N–H and O–H groups in total. The molecule has 0 saturated heterocycles. The van der Waals surface area contributed by atoms with Crippen LogP contribution in [0.5, 0.6) is 0 Å². The fraction of sp³-hybridized carbons (Fsp3) is 0.286. The number of amides is 2. The Hall–Kier alpha value is -3.03. The first-order valence-electron chi connectivity index (χ1n) is 4.34. The first-order valence-corrected chi connectivity index (χ1v) is 4.34. The third-order valence-electron chi connectivity index (χ3n) is 1.92. The van der Waals surface area contributed by atoms with Crippen molar-refractivity contribution < 1.29 is 19.1 Å². The second-order valence-corrected chi connectivity index (χ2v) is 2.85. The van der Waals surface area contributed by atoms with E-state index in [2.05, 4.69) is 24.8 Å². The van der Waals surface area contributed by atoms with E-state index in [1.54, 1.807) is 0 Å². The number of hydrogen-bond acceptors (Lipinski definition) is 6. The number of carbonyl (C=O) groups excluding carboxylic acids is 3. The summed E-state index contributed by atoms with van der Waals surface area (Å²) in [5.41, 5.74) is 15.2. The highest BCUT2D eigenvalue weighted by molar-refractivity contribution is 6.19. The highest BCUT2D eigenvalue weighted by Gasteiger charge is 2.38. The van der Waals surface area contributed by atoms with Crippen LogP contribution in [0.1, 0.15) is 0 Å². The largest absolute Gasteiger partial charge is 0.468 e. The lowest BCUT2D eigenvalue weighted by molar-refractivity contribution is -0.150. The molecule has 0 bridgehead atoms. The zero-order valence-electron chi connectivity index (χ0n) is 8.97. The Labute approximate surface area is 98.9 Å². The Morgan fingerprint density at radius 2 is 1.67 bits per heavy atom. The standard InChI is InChI=1S/C7H5N7O4/c1-18-3(15)2-14-6(16)4(10-12-8)5(7(14)17)11-13-9/h2H2,1H3. The van der Waals surface area contributed by atoms with Crippen molar-refractivity contribution in [3.63, 3.8) is 0 Å². The molecule has 18 heavy (non-hydrogen) atoms. The predicted molar refractivity (Wildman–Crippen MR) is 54.1 cm³/mol. The van der Waals surface area contributed by atoms with Gasteiger partial charge in [0.25, 0.3) is 11.8 Å². The minimum absolute atomic E-state index is 0.458. The molecule has 1 rings (SSSR count). The molecule has 1 heterocycles. The van der Waals surface area contributed by atoms with Gasteiger partial charge in [0.05, 0.1) is 7.11 Å². The maximum Gasteiger partial charge on any atom is 0.325 e. The Balaban J connectivity index is 3.18. The van der Waals surface area contributed by atoms with Gasteiger partial charge in [-0.3, -0.25) is 19.3 Å². The molecular formula is C7H5N7O4. The number of azide groups is 2. The van der Waals surface area contributed by atoms with Gasteiger partial charge < -0.3 is 4.74 Å². The summed E-state index contributed by atoms with van der Waals surface area (Å²) < 4.78 is 4.29. The Kier molecular flexibility index (Phi) is 3.87. The fourth-order valence-corrected chi connectivity index (χ4v) is 1.16. The summed E-state index contributed by atoms with van der Waals surface area (Å²) in [5.74, 6) is -2.89. The van der Waals surface area contributed by atoms with E-state index in [4.69, 9.17) is 11.1 Å². The van der Waals surface area contributed by atoms with Gasteiger partial charge in [0, 0.05) is 9.82 Å². The van der Waals surface area contributed by atoms with Crippen LogP contribution in [0.15, 0.2) is 21.6 Å². The minimum Gasteiger partial charge on any atom is -0.468 e. The van der Waals surface area contributed by atoms with E-state index in [0.29, 0.717) is 4.90 Å². The maximum absolute atomic E-state index is 11.6. The number of ether oxygens (including phenoxy) is 1. The summed E-state index contributed by atoms with van der Waals surface area (Å²) in [6.07, 6.45) is 0. The maximum atomic E-state index is 11.6. The average Bonchev–Trinajstić information content (AvgIpc) is 2.57. The monoisotopic (exact) mass is 251 g/mol. The van der Waals surface area contributed by atoms with E-state index < -0.39 is 35.7 Å². The zero-order valence-corrected chi connectivity index (χ0v) is 8.97. The SMILES string of the molecule is COC(=O)CN1C(=O)C(N=[N+]=[N-])=C(N=[N+]=[N-])C1=O. The van der Waals surface area contributed by atoms with E-state index in [0.717, 1.165) is 7.11 Å². The number of methoxy groups -OCH3 is 1. The van der Waals surface area contributed by atoms with E-state index in [9.17, 15) is 14.4 Å². The van der Waals surface area contributed by atoms with Crippen LogP contribution in [-0.2, 0) is 19.1 Å². The van der Waals surface area contributed by atoms with Gasteiger partial charge >= 0.3 is 5.97 Å². The number of nitrogens with zero attached hydrogens (tertiary/aromatic N) is 7. The highest BCUT2D eigenvalue weighted by Crippen LogP contribution is 2.23. The molecule has 0 aromatic heterocycles. The van der Waals surface area contributed by atoms with Crippen molar-refractivity contribution in [1.29, 1.82) is 0 Å². The van der Waals surface area contributed by atoms with Crippen molar-refractivity contribution in [3.8, 4) is 0 Å². The molecule has 0 atom stereocenters. The lowest BCUT2D eigenvalue weighted by Crippen LogP contribution is -2.36. The van der Waals surface area contributed by atoms with Gasteiger partial charge in [-0.2, -0.15) is 0 Å². The van der Waals surface area contributed by atoms with Crippen LogP contribution in [0.3, 0.4) is 0 Å². The normalized spacial score (nSPS) is 14.2. The number of esters is 1. The zero-order chi connectivity index (χ0) is 13.7. The van der Waals surface area contributed by atoms with Crippen LogP contribution in [0.2, 0.25) is 0 Å². The fourth-order valence-electron chi connectivity index (χ4n) is 1.16.